The average Bonchev–Trinajstić information content (AvgIpc) is 2.91. The summed E-state index contributed by atoms with van der Waals surface area (Å²) >= 11 is 0. The number of nitrogens with zero attached hydrogens (tertiary/aromatic N) is 2. The van der Waals surface area contributed by atoms with Crippen LogP contribution in [0.3, 0.4) is 0 Å². The molecule has 106 valence electrons. The molecule has 20 heavy (non-hydrogen) atoms. The second-order valence-corrected chi connectivity index (χ2v) is 4.12. The molecule has 0 unspecified atom stereocenters. The molecule has 2 aromatic rings. The van der Waals surface area contributed by atoms with Crippen molar-refractivity contribution in [1.29, 1.82) is 0 Å². The standard InChI is InChI=1S/C13H12F3N3O/c1-2-9-3-4-10(7-11(9)13(14,15)16)18-12(20)19-6-5-17-8-19/h3-8H,2H2,1H3,(H,18,20). The third-order valence-electron chi connectivity index (χ3n) is 2.79. The van der Waals surface area contributed by atoms with E-state index in [2.05, 4.69) is 10.3 Å². The number of amides is 1. The number of carbonyl (C=O) groups is 1. The fraction of sp³-hybridized carbons (Fsp3) is 0.231. The Morgan fingerprint density at radius 2 is 2.15 bits per heavy atom. The van der Waals surface area contributed by atoms with E-state index >= 15 is 0 Å². The van der Waals surface area contributed by atoms with Crippen LogP contribution in [-0.2, 0) is 12.6 Å². The number of aromatic nitrogens is 2. The van der Waals surface area contributed by atoms with E-state index in [4.69, 9.17) is 0 Å². The lowest BCUT2D eigenvalue weighted by Crippen LogP contribution is -2.18. The van der Waals surface area contributed by atoms with Crippen molar-refractivity contribution in [3.8, 4) is 0 Å². The first-order valence-corrected chi connectivity index (χ1v) is 5.91. The van der Waals surface area contributed by atoms with Gasteiger partial charge in [0.2, 0.25) is 0 Å². The lowest BCUT2D eigenvalue weighted by Gasteiger charge is -2.14. The van der Waals surface area contributed by atoms with E-state index in [9.17, 15) is 18.0 Å². The highest BCUT2D eigenvalue weighted by Crippen LogP contribution is 2.34. The zero-order valence-electron chi connectivity index (χ0n) is 10.6. The van der Waals surface area contributed by atoms with Crippen molar-refractivity contribution >= 4 is 11.7 Å². The Morgan fingerprint density at radius 1 is 1.40 bits per heavy atom. The summed E-state index contributed by atoms with van der Waals surface area (Å²) in [5.74, 6) is 0. The van der Waals surface area contributed by atoms with Crippen LogP contribution in [0.25, 0.3) is 0 Å². The molecule has 7 heteroatoms. The van der Waals surface area contributed by atoms with Gasteiger partial charge < -0.3 is 5.32 Å². The van der Waals surface area contributed by atoms with E-state index in [1.54, 1.807) is 6.92 Å². The molecule has 1 aromatic heterocycles. The van der Waals surface area contributed by atoms with Crippen molar-refractivity contribution in [3.05, 3.63) is 48.0 Å². The Morgan fingerprint density at radius 3 is 2.70 bits per heavy atom. The number of anilines is 1. The lowest BCUT2D eigenvalue weighted by molar-refractivity contribution is -0.138. The third kappa shape index (κ3) is 2.98. The Bertz CT molecular complexity index is 606. The topological polar surface area (TPSA) is 46.9 Å². The van der Waals surface area contributed by atoms with Gasteiger partial charge in [-0.1, -0.05) is 13.0 Å². The van der Waals surface area contributed by atoms with Crippen molar-refractivity contribution in [2.45, 2.75) is 19.5 Å². The number of nitrogens with one attached hydrogen (secondary N) is 1. The first-order valence-electron chi connectivity index (χ1n) is 5.91. The van der Waals surface area contributed by atoms with Gasteiger partial charge >= 0.3 is 12.2 Å². The van der Waals surface area contributed by atoms with E-state index < -0.39 is 17.8 Å². The molecule has 1 aromatic carbocycles. The number of alkyl halides is 3. The molecule has 0 saturated heterocycles. The number of rotatable bonds is 2. The van der Waals surface area contributed by atoms with Gasteiger partial charge in [0.05, 0.1) is 5.56 Å². The van der Waals surface area contributed by atoms with Gasteiger partial charge in [0.1, 0.15) is 6.33 Å². The maximum atomic E-state index is 12.9. The fourth-order valence-corrected chi connectivity index (χ4v) is 1.79. The number of halogens is 3. The summed E-state index contributed by atoms with van der Waals surface area (Å²) in [6.45, 7) is 1.65. The summed E-state index contributed by atoms with van der Waals surface area (Å²) in [5.41, 5.74) is -0.449. The molecule has 0 spiro atoms. The van der Waals surface area contributed by atoms with Gasteiger partial charge in [0, 0.05) is 18.1 Å². The monoisotopic (exact) mass is 283 g/mol. The summed E-state index contributed by atoms with van der Waals surface area (Å²) < 4.78 is 39.8. The van der Waals surface area contributed by atoms with Crippen LogP contribution in [-0.4, -0.2) is 15.6 Å². The van der Waals surface area contributed by atoms with Gasteiger partial charge in [-0.05, 0) is 24.1 Å². The van der Waals surface area contributed by atoms with Crippen LogP contribution in [0.2, 0.25) is 0 Å². The second kappa shape index (κ2) is 5.36. The molecular formula is C13H12F3N3O. The molecule has 1 heterocycles. The average molecular weight is 283 g/mol. The van der Waals surface area contributed by atoms with E-state index in [0.29, 0.717) is 0 Å². The number of aryl methyl sites for hydroxylation is 1. The van der Waals surface area contributed by atoms with Crippen molar-refractivity contribution in [1.82, 2.24) is 9.55 Å². The van der Waals surface area contributed by atoms with Gasteiger partial charge in [-0.3, -0.25) is 4.57 Å². The molecule has 1 N–H and O–H groups in total. The fourth-order valence-electron chi connectivity index (χ4n) is 1.79. The van der Waals surface area contributed by atoms with Crippen LogP contribution in [0.5, 0.6) is 0 Å². The summed E-state index contributed by atoms with van der Waals surface area (Å²) in [7, 11) is 0. The maximum absolute atomic E-state index is 12.9. The quantitative estimate of drug-likeness (QED) is 0.916. The predicted molar refractivity (Wildman–Crippen MR) is 67.5 cm³/mol. The molecule has 0 atom stereocenters. The smallest absolute Gasteiger partial charge is 0.307 e. The Balaban J connectivity index is 2.28. The van der Waals surface area contributed by atoms with Crippen molar-refractivity contribution in [2.24, 2.45) is 0 Å². The van der Waals surface area contributed by atoms with Gasteiger partial charge in [-0.25, -0.2) is 9.78 Å². The van der Waals surface area contributed by atoms with E-state index in [1.807, 2.05) is 0 Å². The summed E-state index contributed by atoms with van der Waals surface area (Å²) in [6.07, 6.45) is -0.104. The SMILES string of the molecule is CCc1ccc(NC(=O)n2ccnc2)cc1C(F)(F)F. The van der Waals surface area contributed by atoms with Crippen molar-refractivity contribution in [2.75, 3.05) is 5.32 Å². The van der Waals surface area contributed by atoms with Crippen LogP contribution >= 0.6 is 0 Å². The van der Waals surface area contributed by atoms with Crippen LogP contribution in [0.15, 0.2) is 36.9 Å². The Labute approximate surface area is 113 Å². The highest BCUT2D eigenvalue weighted by atomic mass is 19.4. The molecule has 2 rings (SSSR count). The first kappa shape index (κ1) is 14.1. The van der Waals surface area contributed by atoms with Crippen molar-refractivity contribution in [3.63, 3.8) is 0 Å². The Kier molecular flexibility index (Phi) is 3.78. The minimum atomic E-state index is -4.44. The zero-order chi connectivity index (χ0) is 14.8. The molecule has 0 bridgehead atoms. The van der Waals surface area contributed by atoms with E-state index in [1.165, 1.54) is 30.9 Å². The first-order chi connectivity index (χ1) is 9.41. The minimum Gasteiger partial charge on any atom is -0.307 e. The van der Waals surface area contributed by atoms with Gasteiger partial charge in [-0.15, -0.1) is 0 Å². The predicted octanol–water partition coefficient (Wildman–Crippen LogP) is 3.54. The van der Waals surface area contributed by atoms with Gasteiger partial charge in [0.25, 0.3) is 0 Å². The van der Waals surface area contributed by atoms with Gasteiger partial charge in [-0.2, -0.15) is 13.2 Å². The number of benzene rings is 1. The number of hydrogen-bond acceptors (Lipinski definition) is 2. The number of imidazole rings is 1. The second-order valence-electron chi connectivity index (χ2n) is 4.12. The molecule has 0 saturated carbocycles. The van der Waals surface area contributed by atoms with Crippen LogP contribution < -0.4 is 5.32 Å². The highest BCUT2D eigenvalue weighted by Gasteiger charge is 2.33. The molecular weight excluding hydrogens is 271 g/mol. The largest absolute Gasteiger partial charge is 0.416 e. The molecule has 1 amide bonds. The minimum absolute atomic E-state index is 0.0909. The summed E-state index contributed by atoms with van der Waals surface area (Å²) in [5, 5.41) is 2.39. The van der Waals surface area contributed by atoms with E-state index in [-0.39, 0.29) is 17.7 Å². The third-order valence-corrected chi connectivity index (χ3v) is 2.79. The number of hydrogen-bond donors (Lipinski definition) is 1. The van der Waals surface area contributed by atoms with Gasteiger partial charge in [0.15, 0.2) is 0 Å². The molecule has 4 nitrogen and oxygen atoms in total. The lowest BCUT2D eigenvalue weighted by atomic mass is 10.0. The van der Waals surface area contributed by atoms with Crippen LogP contribution in [0, 0.1) is 0 Å². The zero-order valence-corrected chi connectivity index (χ0v) is 10.6. The molecule has 0 fully saturated rings. The van der Waals surface area contributed by atoms with Crippen molar-refractivity contribution < 1.29 is 18.0 Å². The van der Waals surface area contributed by atoms with E-state index in [0.717, 1.165) is 10.6 Å². The highest BCUT2D eigenvalue weighted by molar-refractivity contribution is 5.91. The molecule has 0 aliphatic heterocycles. The molecule has 0 radical (unpaired) electrons. The number of carbonyl (C=O) groups excluding carboxylic acids is 1. The maximum Gasteiger partial charge on any atom is 0.416 e. The van der Waals surface area contributed by atoms with Crippen LogP contribution in [0.4, 0.5) is 23.7 Å². The molecule has 0 aliphatic rings. The van der Waals surface area contributed by atoms with Crippen LogP contribution in [0.1, 0.15) is 18.1 Å². The normalized spacial score (nSPS) is 11.4. The summed E-state index contributed by atoms with van der Waals surface area (Å²) in [6, 6.07) is 3.18. The summed E-state index contributed by atoms with van der Waals surface area (Å²) in [4.78, 5) is 15.4. The molecule has 0 aliphatic carbocycles. The Hall–Kier alpha value is -2.31.